The first-order chi connectivity index (χ1) is 10.1. The molecule has 3 aromatic rings. The number of aryl methyl sites for hydroxylation is 2. The molecule has 21 heavy (non-hydrogen) atoms. The topological polar surface area (TPSA) is 0 Å². The van der Waals surface area contributed by atoms with Gasteiger partial charge in [-0.15, -0.1) is 12.6 Å². The van der Waals surface area contributed by atoms with Gasteiger partial charge in [0, 0.05) is 4.90 Å². The van der Waals surface area contributed by atoms with Crippen molar-refractivity contribution in [3.63, 3.8) is 0 Å². The molecular formula is C20H18S. The quantitative estimate of drug-likeness (QED) is 0.556. The SMILES string of the molecule is Cc1ccc(-c2ccc(-c3ccc(S)c(C)c3)cc2)cc1. The molecule has 0 aliphatic carbocycles. The van der Waals surface area contributed by atoms with E-state index in [1.165, 1.54) is 33.4 Å². The van der Waals surface area contributed by atoms with Gasteiger partial charge in [0.15, 0.2) is 0 Å². The van der Waals surface area contributed by atoms with Gasteiger partial charge in [0.05, 0.1) is 0 Å². The van der Waals surface area contributed by atoms with Crippen LogP contribution in [-0.2, 0) is 0 Å². The molecule has 0 saturated carbocycles. The number of benzene rings is 3. The zero-order valence-corrected chi connectivity index (χ0v) is 13.2. The van der Waals surface area contributed by atoms with Crippen molar-refractivity contribution in [3.8, 4) is 22.3 Å². The molecule has 3 rings (SSSR count). The molecule has 0 fully saturated rings. The minimum atomic E-state index is 1.04. The lowest BCUT2D eigenvalue weighted by Crippen LogP contribution is -1.83. The fourth-order valence-corrected chi connectivity index (χ4v) is 2.58. The van der Waals surface area contributed by atoms with Gasteiger partial charge in [0.1, 0.15) is 0 Å². The van der Waals surface area contributed by atoms with Gasteiger partial charge in [-0.1, -0.05) is 66.2 Å². The smallest absolute Gasteiger partial charge is 0.00696 e. The van der Waals surface area contributed by atoms with Crippen molar-refractivity contribution < 1.29 is 0 Å². The largest absolute Gasteiger partial charge is 0.143 e. The minimum Gasteiger partial charge on any atom is -0.143 e. The predicted molar refractivity (Wildman–Crippen MR) is 94.0 cm³/mol. The molecule has 0 atom stereocenters. The van der Waals surface area contributed by atoms with Crippen LogP contribution in [0.15, 0.2) is 71.6 Å². The third-order valence-corrected chi connectivity index (χ3v) is 4.30. The van der Waals surface area contributed by atoms with E-state index in [4.69, 9.17) is 0 Å². The van der Waals surface area contributed by atoms with E-state index < -0.39 is 0 Å². The van der Waals surface area contributed by atoms with E-state index in [-0.39, 0.29) is 0 Å². The molecule has 0 heterocycles. The molecule has 0 bridgehead atoms. The van der Waals surface area contributed by atoms with E-state index in [9.17, 15) is 0 Å². The Hall–Kier alpha value is -1.99. The zero-order valence-electron chi connectivity index (χ0n) is 12.3. The molecule has 0 saturated heterocycles. The maximum absolute atomic E-state index is 4.43. The molecule has 0 amide bonds. The summed E-state index contributed by atoms with van der Waals surface area (Å²) in [5.74, 6) is 0. The van der Waals surface area contributed by atoms with Gasteiger partial charge >= 0.3 is 0 Å². The lowest BCUT2D eigenvalue weighted by atomic mass is 9.99. The second-order valence-electron chi connectivity index (χ2n) is 5.44. The molecule has 0 unspecified atom stereocenters. The Balaban J connectivity index is 1.93. The van der Waals surface area contributed by atoms with E-state index in [1.54, 1.807) is 0 Å². The van der Waals surface area contributed by atoms with Crippen molar-refractivity contribution in [3.05, 3.63) is 77.9 Å². The van der Waals surface area contributed by atoms with Gasteiger partial charge in [-0.25, -0.2) is 0 Å². The van der Waals surface area contributed by atoms with Crippen molar-refractivity contribution in [2.75, 3.05) is 0 Å². The molecular weight excluding hydrogens is 272 g/mol. The number of thiol groups is 1. The van der Waals surface area contributed by atoms with Crippen LogP contribution >= 0.6 is 12.6 Å². The first kappa shape index (κ1) is 14.0. The maximum atomic E-state index is 4.43. The summed E-state index contributed by atoms with van der Waals surface area (Å²) in [4.78, 5) is 1.04. The third kappa shape index (κ3) is 3.03. The lowest BCUT2D eigenvalue weighted by Gasteiger charge is -2.07. The van der Waals surface area contributed by atoms with Gasteiger partial charge in [-0.2, -0.15) is 0 Å². The highest BCUT2D eigenvalue weighted by Gasteiger charge is 2.02. The summed E-state index contributed by atoms with van der Waals surface area (Å²) in [6.45, 7) is 4.20. The molecule has 0 nitrogen and oxygen atoms in total. The van der Waals surface area contributed by atoms with Crippen LogP contribution in [0.4, 0.5) is 0 Å². The summed E-state index contributed by atoms with van der Waals surface area (Å²) >= 11 is 4.43. The van der Waals surface area contributed by atoms with Gasteiger partial charge in [-0.3, -0.25) is 0 Å². The Morgan fingerprint density at radius 3 is 1.52 bits per heavy atom. The molecule has 0 spiro atoms. The maximum Gasteiger partial charge on any atom is 0.00696 e. The molecule has 3 aromatic carbocycles. The first-order valence-corrected chi connectivity index (χ1v) is 7.55. The highest BCUT2D eigenvalue weighted by Crippen LogP contribution is 2.27. The summed E-state index contributed by atoms with van der Waals surface area (Å²) in [5.41, 5.74) is 7.48. The standard InChI is InChI=1S/C20H18S/c1-14-3-5-16(6-4-14)17-7-9-18(10-8-17)19-11-12-20(21)15(2)13-19/h3-13,21H,1-2H3. The molecule has 0 aromatic heterocycles. The van der Waals surface area contributed by atoms with Crippen LogP contribution in [0.1, 0.15) is 11.1 Å². The Labute approximate surface area is 131 Å². The van der Waals surface area contributed by atoms with E-state index in [1.807, 2.05) is 0 Å². The van der Waals surface area contributed by atoms with Crippen LogP contribution < -0.4 is 0 Å². The Kier molecular flexibility index (Phi) is 3.85. The monoisotopic (exact) mass is 290 g/mol. The van der Waals surface area contributed by atoms with Crippen molar-refractivity contribution >= 4 is 12.6 Å². The summed E-state index contributed by atoms with van der Waals surface area (Å²) in [6, 6.07) is 23.7. The van der Waals surface area contributed by atoms with E-state index in [0.717, 1.165) is 4.90 Å². The van der Waals surface area contributed by atoms with Crippen LogP contribution in [0.2, 0.25) is 0 Å². The van der Waals surface area contributed by atoms with Crippen molar-refractivity contribution in [2.45, 2.75) is 18.7 Å². The van der Waals surface area contributed by atoms with Gasteiger partial charge < -0.3 is 0 Å². The van der Waals surface area contributed by atoms with Crippen molar-refractivity contribution in [1.82, 2.24) is 0 Å². The lowest BCUT2D eigenvalue weighted by molar-refractivity contribution is 1.31. The van der Waals surface area contributed by atoms with Gasteiger partial charge in [-0.05, 0) is 47.7 Å². The molecule has 0 N–H and O–H groups in total. The van der Waals surface area contributed by atoms with E-state index in [2.05, 4.69) is 93.2 Å². The van der Waals surface area contributed by atoms with Crippen LogP contribution in [0.5, 0.6) is 0 Å². The molecule has 0 aliphatic rings. The van der Waals surface area contributed by atoms with Crippen LogP contribution in [-0.4, -0.2) is 0 Å². The first-order valence-electron chi connectivity index (χ1n) is 7.10. The molecule has 0 aliphatic heterocycles. The van der Waals surface area contributed by atoms with E-state index >= 15 is 0 Å². The Bertz CT molecular complexity index is 753. The van der Waals surface area contributed by atoms with Gasteiger partial charge in [0.2, 0.25) is 0 Å². The highest BCUT2D eigenvalue weighted by atomic mass is 32.1. The van der Waals surface area contributed by atoms with E-state index in [0.29, 0.717) is 0 Å². The Morgan fingerprint density at radius 2 is 1.00 bits per heavy atom. The van der Waals surface area contributed by atoms with Gasteiger partial charge in [0.25, 0.3) is 0 Å². The minimum absolute atomic E-state index is 1.04. The second-order valence-corrected chi connectivity index (χ2v) is 5.93. The average molecular weight is 290 g/mol. The predicted octanol–water partition coefficient (Wildman–Crippen LogP) is 5.93. The average Bonchev–Trinajstić information content (AvgIpc) is 2.51. The highest BCUT2D eigenvalue weighted by molar-refractivity contribution is 7.80. The number of hydrogen-bond donors (Lipinski definition) is 1. The summed E-state index contributed by atoms with van der Waals surface area (Å²) in [6.07, 6.45) is 0. The second kappa shape index (κ2) is 5.79. The summed E-state index contributed by atoms with van der Waals surface area (Å²) in [5, 5.41) is 0. The van der Waals surface area contributed by atoms with Crippen molar-refractivity contribution in [1.29, 1.82) is 0 Å². The number of hydrogen-bond acceptors (Lipinski definition) is 1. The zero-order chi connectivity index (χ0) is 14.8. The molecule has 1 heteroatoms. The van der Waals surface area contributed by atoms with Crippen LogP contribution in [0, 0.1) is 13.8 Å². The fourth-order valence-electron chi connectivity index (χ4n) is 2.44. The summed E-state index contributed by atoms with van der Waals surface area (Å²) < 4.78 is 0. The van der Waals surface area contributed by atoms with Crippen LogP contribution in [0.3, 0.4) is 0 Å². The third-order valence-electron chi connectivity index (χ3n) is 3.80. The fraction of sp³-hybridized carbons (Fsp3) is 0.100. The normalized spacial score (nSPS) is 10.6. The Morgan fingerprint density at radius 1 is 0.571 bits per heavy atom. The summed E-state index contributed by atoms with van der Waals surface area (Å²) in [7, 11) is 0. The van der Waals surface area contributed by atoms with Crippen molar-refractivity contribution in [2.24, 2.45) is 0 Å². The molecule has 104 valence electrons. The van der Waals surface area contributed by atoms with Crippen LogP contribution in [0.25, 0.3) is 22.3 Å². The number of rotatable bonds is 2. The molecule has 0 radical (unpaired) electrons.